The van der Waals surface area contributed by atoms with Crippen LogP contribution in [0.2, 0.25) is 0 Å². The molecule has 0 unspecified atom stereocenters. The molecule has 0 aliphatic carbocycles. The molecule has 0 spiro atoms. The van der Waals surface area contributed by atoms with E-state index in [9.17, 15) is 0 Å². The zero-order valence-corrected chi connectivity index (χ0v) is 17.1. The zero-order valence-electron chi connectivity index (χ0n) is 17.1. The molecule has 0 saturated heterocycles. The largest absolute Gasteiger partial charge is 0.403 e. The molecular formula is C22H20N8O. The number of nitrogens with one attached hydrogen (secondary N) is 1. The van der Waals surface area contributed by atoms with Gasteiger partial charge in [0.25, 0.3) is 0 Å². The second kappa shape index (κ2) is 6.76. The van der Waals surface area contributed by atoms with E-state index in [-0.39, 0.29) is 6.04 Å². The topological polar surface area (TPSA) is 101 Å². The summed E-state index contributed by atoms with van der Waals surface area (Å²) in [6.45, 7) is 4.73. The molecule has 0 radical (unpaired) electrons. The van der Waals surface area contributed by atoms with Crippen LogP contribution in [0, 0.1) is 13.8 Å². The van der Waals surface area contributed by atoms with Crippen molar-refractivity contribution in [2.45, 2.75) is 26.3 Å². The van der Waals surface area contributed by atoms with Gasteiger partial charge in [0, 0.05) is 42.3 Å². The van der Waals surface area contributed by atoms with Crippen molar-refractivity contribution < 1.29 is 4.42 Å². The van der Waals surface area contributed by atoms with Gasteiger partial charge >= 0.3 is 6.01 Å². The Morgan fingerprint density at radius 3 is 2.94 bits per heavy atom. The number of aromatic amines is 1. The number of aryl methyl sites for hydroxylation is 2. The van der Waals surface area contributed by atoms with Gasteiger partial charge in [-0.25, -0.2) is 9.50 Å². The summed E-state index contributed by atoms with van der Waals surface area (Å²) in [5.74, 6) is 0.470. The summed E-state index contributed by atoms with van der Waals surface area (Å²) in [5, 5.41) is 13.5. The van der Waals surface area contributed by atoms with Crippen molar-refractivity contribution >= 4 is 11.5 Å². The Morgan fingerprint density at radius 1 is 1.13 bits per heavy atom. The number of imidazole rings is 1. The number of rotatable bonds is 3. The van der Waals surface area contributed by atoms with Gasteiger partial charge in [-0.05, 0) is 43.7 Å². The monoisotopic (exact) mass is 412 g/mol. The van der Waals surface area contributed by atoms with E-state index >= 15 is 0 Å². The Hall–Kier alpha value is -4.01. The molecule has 1 aliphatic heterocycles. The zero-order chi connectivity index (χ0) is 20.9. The van der Waals surface area contributed by atoms with Crippen LogP contribution in [0.25, 0.3) is 17.0 Å². The van der Waals surface area contributed by atoms with Gasteiger partial charge in [0.05, 0.1) is 23.2 Å². The Labute approximate surface area is 177 Å². The van der Waals surface area contributed by atoms with E-state index in [0.29, 0.717) is 18.5 Å². The Morgan fingerprint density at radius 2 is 2.06 bits per heavy atom. The fourth-order valence-corrected chi connectivity index (χ4v) is 4.22. The number of aromatic nitrogens is 7. The van der Waals surface area contributed by atoms with Gasteiger partial charge in [0.2, 0.25) is 5.89 Å². The van der Waals surface area contributed by atoms with Crippen molar-refractivity contribution in [2.75, 3.05) is 11.4 Å². The molecule has 0 saturated carbocycles. The van der Waals surface area contributed by atoms with Gasteiger partial charge < -0.3 is 14.3 Å². The van der Waals surface area contributed by atoms with Crippen LogP contribution >= 0.6 is 0 Å². The highest BCUT2D eigenvalue weighted by Gasteiger charge is 2.36. The third-order valence-electron chi connectivity index (χ3n) is 5.74. The number of nitrogens with zero attached hydrogens (tertiary/aromatic N) is 7. The van der Waals surface area contributed by atoms with Crippen LogP contribution in [0.3, 0.4) is 0 Å². The summed E-state index contributed by atoms with van der Waals surface area (Å²) < 4.78 is 8.01. The second-order valence-corrected chi connectivity index (χ2v) is 7.78. The lowest BCUT2D eigenvalue weighted by Gasteiger charge is -2.32. The molecule has 0 aromatic carbocycles. The summed E-state index contributed by atoms with van der Waals surface area (Å²) in [7, 11) is 0. The average Bonchev–Trinajstić information content (AvgIpc) is 3.52. The number of fused-ring (bicyclic) bond motifs is 2. The first-order valence-electron chi connectivity index (χ1n) is 10.2. The minimum absolute atomic E-state index is 0.221. The molecule has 0 amide bonds. The number of H-pyrrole nitrogens is 1. The SMILES string of the molecule is Cc1cc(-c2nnc(N3CCc4[nH]cnc4[C@@H]3c3cc4c(C)cccn4n3)o2)ccn1. The lowest BCUT2D eigenvalue weighted by molar-refractivity contribution is 0.503. The quantitative estimate of drug-likeness (QED) is 0.485. The second-order valence-electron chi connectivity index (χ2n) is 7.78. The van der Waals surface area contributed by atoms with Gasteiger partial charge in [-0.1, -0.05) is 11.2 Å². The molecular weight excluding hydrogens is 392 g/mol. The standard InChI is InChI=1S/C22H20N8O/c1-13-4-3-8-30-18(13)11-17(28-30)20-19-16(24-12-25-19)6-9-29(20)22-27-26-21(31-22)15-5-7-23-14(2)10-15/h3-5,7-8,10-12,20H,6,9H2,1-2H3,(H,24,25)/t20-/m0/s1. The highest BCUT2D eigenvalue weighted by Crippen LogP contribution is 2.37. The Kier molecular flexibility index (Phi) is 3.89. The number of hydrogen-bond acceptors (Lipinski definition) is 7. The summed E-state index contributed by atoms with van der Waals surface area (Å²) >= 11 is 0. The lowest BCUT2D eigenvalue weighted by atomic mass is 10.00. The fraction of sp³-hybridized carbons (Fsp3) is 0.227. The van der Waals surface area contributed by atoms with Gasteiger partial charge in [-0.2, -0.15) is 5.10 Å². The van der Waals surface area contributed by atoms with Gasteiger partial charge in [-0.15, -0.1) is 5.10 Å². The molecule has 1 aliphatic rings. The first-order valence-corrected chi connectivity index (χ1v) is 10.2. The molecule has 5 aromatic rings. The molecule has 9 heteroatoms. The summed E-state index contributed by atoms with van der Waals surface area (Å²) in [4.78, 5) is 14.2. The number of pyridine rings is 2. The van der Waals surface area contributed by atoms with Gasteiger partial charge in [0.15, 0.2) is 0 Å². The van der Waals surface area contributed by atoms with Crippen LogP contribution in [-0.2, 0) is 6.42 Å². The normalized spacial score (nSPS) is 16.1. The maximum atomic E-state index is 6.11. The van der Waals surface area contributed by atoms with Crippen LogP contribution in [0.5, 0.6) is 0 Å². The maximum absolute atomic E-state index is 6.11. The van der Waals surface area contributed by atoms with Crippen LogP contribution < -0.4 is 4.90 Å². The van der Waals surface area contributed by atoms with Crippen LogP contribution in [0.15, 0.2) is 53.5 Å². The summed E-state index contributed by atoms with van der Waals surface area (Å²) in [6.07, 6.45) is 6.25. The van der Waals surface area contributed by atoms with Gasteiger partial charge in [0.1, 0.15) is 6.04 Å². The van der Waals surface area contributed by atoms with Crippen molar-refractivity contribution in [3.05, 3.63) is 77.4 Å². The van der Waals surface area contributed by atoms with E-state index in [1.807, 2.05) is 35.8 Å². The Balaban J connectivity index is 1.45. The van der Waals surface area contributed by atoms with Gasteiger partial charge in [-0.3, -0.25) is 4.98 Å². The minimum atomic E-state index is -0.221. The lowest BCUT2D eigenvalue weighted by Crippen LogP contribution is -2.36. The first kappa shape index (κ1) is 17.8. The molecule has 0 bridgehead atoms. The third-order valence-corrected chi connectivity index (χ3v) is 5.74. The van der Waals surface area contributed by atoms with E-state index < -0.39 is 0 Å². The van der Waals surface area contributed by atoms with E-state index in [1.54, 1.807) is 12.5 Å². The highest BCUT2D eigenvalue weighted by atomic mass is 16.4. The van der Waals surface area contributed by atoms with Crippen LogP contribution in [0.1, 0.15) is 34.4 Å². The summed E-state index contributed by atoms with van der Waals surface area (Å²) in [6, 6.07) is 10.2. The predicted octanol–water partition coefficient (Wildman–Crippen LogP) is 3.27. The van der Waals surface area contributed by atoms with Crippen molar-refractivity contribution in [1.82, 2.24) is 34.8 Å². The molecule has 154 valence electrons. The van der Waals surface area contributed by atoms with E-state index in [2.05, 4.69) is 49.1 Å². The van der Waals surface area contributed by atoms with E-state index in [4.69, 9.17) is 9.52 Å². The molecule has 9 nitrogen and oxygen atoms in total. The predicted molar refractivity (Wildman–Crippen MR) is 114 cm³/mol. The number of hydrogen-bond donors (Lipinski definition) is 1. The van der Waals surface area contributed by atoms with Crippen LogP contribution in [-0.4, -0.2) is 41.3 Å². The number of anilines is 1. The van der Waals surface area contributed by atoms with Crippen LogP contribution in [0.4, 0.5) is 6.01 Å². The van der Waals surface area contributed by atoms with E-state index in [1.165, 1.54) is 5.56 Å². The van der Waals surface area contributed by atoms with Crippen molar-refractivity contribution in [3.8, 4) is 11.5 Å². The summed E-state index contributed by atoms with van der Waals surface area (Å²) in [5.41, 5.74) is 6.92. The molecule has 5 aromatic heterocycles. The Bertz CT molecular complexity index is 1400. The molecule has 6 heterocycles. The molecule has 1 N–H and O–H groups in total. The van der Waals surface area contributed by atoms with Crippen molar-refractivity contribution in [3.63, 3.8) is 0 Å². The fourth-order valence-electron chi connectivity index (χ4n) is 4.22. The third kappa shape index (κ3) is 2.89. The highest BCUT2D eigenvalue weighted by molar-refractivity contribution is 5.58. The first-order chi connectivity index (χ1) is 15.2. The van der Waals surface area contributed by atoms with Crippen molar-refractivity contribution in [1.29, 1.82) is 0 Å². The molecule has 31 heavy (non-hydrogen) atoms. The maximum Gasteiger partial charge on any atom is 0.319 e. The van der Waals surface area contributed by atoms with Crippen molar-refractivity contribution in [2.24, 2.45) is 0 Å². The van der Waals surface area contributed by atoms with E-state index in [0.717, 1.165) is 40.3 Å². The average molecular weight is 412 g/mol. The smallest absolute Gasteiger partial charge is 0.319 e. The molecule has 1 atom stereocenters. The molecule has 0 fully saturated rings. The minimum Gasteiger partial charge on any atom is -0.403 e. The molecule has 6 rings (SSSR count).